The van der Waals surface area contributed by atoms with Crippen LogP contribution >= 0.6 is 0 Å². The Hall–Kier alpha value is -2.72. The molecule has 0 unspecified atom stereocenters. The van der Waals surface area contributed by atoms with Gasteiger partial charge in [0.2, 0.25) is 0 Å². The summed E-state index contributed by atoms with van der Waals surface area (Å²) in [5.74, 6) is 0.291. The highest BCUT2D eigenvalue weighted by Crippen LogP contribution is 2.30. The maximum Gasteiger partial charge on any atom is 0.0832 e. The second-order valence-corrected chi connectivity index (χ2v) is 8.16. The van der Waals surface area contributed by atoms with Crippen molar-refractivity contribution in [3.05, 3.63) is 120 Å². The minimum absolute atomic E-state index is 0.0530. The maximum absolute atomic E-state index is 6.48. The molecule has 1 aliphatic heterocycles. The summed E-state index contributed by atoms with van der Waals surface area (Å²) in [5.41, 5.74) is 3.70. The third-order valence-corrected chi connectivity index (χ3v) is 5.89. The molecule has 0 aromatic heterocycles. The Labute approximate surface area is 185 Å². The molecule has 4 rings (SSSR count). The van der Waals surface area contributed by atoms with Crippen LogP contribution in [0, 0.1) is 5.92 Å². The Balaban J connectivity index is 1.44. The SMILES string of the molecule is C=C[C@H]1[C@H](OCc2ccccc2)[C@@H](COCc2ccccc2)CN1Cc1ccccc1. The number of hydrogen-bond donors (Lipinski definition) is 0. The van der Waals surface area contributed by atoms with Crippen molar-refractivity contribution in [2.45, 2.75) is 31.9 Å². The van der Waals surface area contributed by atoms with Gasteiger partial charge in [-0.05, 0) is 16.7 Å². The van der Waals surface area contributed by atoms with E-state index in [1.165, 1.54) is 16.7 Å². The lowest BCUT2D eigenvalue weighted by Gasteiger charge is -2.26. The molecular weight excluding hydrogens is 382 g/mol. The lowest BCUT2D eigenvalue weighted by Crippen LogP contribution is -2.35. The van der Waals surface area contributed by atoms with Gasteiger partial charge in [-0.3, -0.25) is 4.90 Å². The van der Waals surface area contributed by atoms with Gasteiger partial charge in [-0.2, -0.15) is 0 Å². The van der Waals surface area contributed by atoms with Crippen molar-refractivity contribution in [1.82, 2.24) is 4.90 Å². The molecule has 0 aliphatic carbocycles. The minimum Gasteiger partial charge on any atom is -0.376 e. The fraction of sp³-hybridized carbons (Fsp3) is 0.286. The molecule has 160 valence electrons. The van der Waals surface area contributed by atoms with Gasteiger partial charge >= 0.3 is 0 Å². The minimum atomic E-state index is 0.0530. The molecule has 3 aromatic rings. The van der Waals surface area contributed by atoms with Crippen LogP contribution in [0.4, 0.5) is 0 Å². The summed E-state index contributed by atoms with van der Waals surface area (Å²) >= 11 is 0. The Morgan fingerprint density at radius 2 is 1.32 bits per heavy atom. The smallest absolute Gasteiger partial charge is 0.0832 e. The van der Waals surface area contributed by atoms with Crippen molar-refractivity contribution in [1.29, 1.82) is 0 Å². The van der Waals surface area contributed by atoms with E-state index in [-0.39, 0.29) is 12.1 Å². The van der Waals surface area contributed by atoms with Crippen molar-refractivity contribution in [2.24, 2.45) is 5.92 Å². The van der Waals surface area contributed by atoms with Crippen LogP contribution in [0.2, 0.25) is 0 Å². The second kappa shape index (κ2) is 11.1. The molecular formula is C28H31NO2. The van der Waals surface area contributed by atoms with Gasteiger partial charge in [0.05, 0.1) is 32.0 Å². The highest BCUT2D eigenvalue weighted by atomic mass is 16.5. The summed E-state index contributed by atoms with van der Waals surface area (Å²) in [7, 11) is 0. The molecule has 1 aliphatic rings. The number of ether oxygens (including phenoxy) is 2. The number of benzene rings is 3. The van der Waals surface area contributed by atoms with E-state index in [1.54, 1.807) is 0 Å². The molecule has 3 aromatic carbocycles. The quantitative estimate of drug-likeness (QED) is 0.411. The van der Waals surface area contributed by atoms with Crippen LogP contribution in [0.25, 0.3) is 0 Å². The maximum atomic E-state index is 6.48. The van der Waals surface area contributed by atoms with Crippen LogP contribution in [0.3, 0.4) is 0 Å². The van der Waals surface area contributed by atoms with Crippen molar-refractivity contribution in [3.63, 3.8) is 0 Å². The normalized spacial score (nSPS) is 21.2. The summed E-state index contributed by atoms with van der Waals surface area (Å²) in [4.78, 5) is 2.47. The van der Waals surface area contributed by atoms with E-state index in [1.807, 2.05) is 18.2 Å². The van der Waals surface area contributed by atoms with E-state index >= 15 is 0 Å². The van der Waals surface area contributed by atoms with Crippen molar-refractivity contribution in [3.8, 4) is 0 Å². The van der Waals surface area contributed by atoms with Crippen LogP contribution in [0.15, 0.2) is 104 Å². The molecule has 0 amide bonds. The van der Waals surface area contributed by atoms with Gasteiger partial charge in [0.25, 0.3) is 0 Å². The van der Waals surface area contributed by atoms with E-state index < -0.39 is 0 Å². The Kier molecular flexibility index (Phi) is 7.67. The molecule has 31 heavy (non-hydrogen) atoms. The molecule has 3 atom stereocenters. The molecule has 0 bridgehead atoms. The Bertz CT molecular complexity index is 914. The van der Waals surface area contributed by atoms with E-state index in [0.717, 1.165) is 13.1 Å². The molecule has 1 heterocycles. The lowest BCUT2D eigenvalue weighted by molar-refractivity contribution is -0.0210. The predicted octanol–water partition coefficient (Wildman–Crippen LogP) is 5.48. The predicted molar refractivity (Wildman–Crippen MR) is 125 cm³/mol. The highest BCUT2D eigenvalue weighted by Gasteiger charge is 2.41. The molecule has 1 saturated heterocycles. The number of likely N-dealkylation sites (tertiary alicyclic amines) is 1. The molecule has 0 N–H and O–H groups in total. The first-order valence-corrected chi connectivity index (χ1v) is 11.0. The molecule has 0 radical (unpaired) electrons. The van der Waals surface area contributed by atoms with Gasteiger partial charge in [-0.25, -0.2) is 0 Å². The summed E-state index contributed by atoms with van der Waals surface area (Å²) in [6, 6.07) is 31.5. The number of rotatable bonds is 10. The van der Waals surface area contributed by atoms with Crippen LogP contribution < -0.4 is 0 Å². The standard InChI is InChI=1S/C28H31NO2/c1-2-27-28(31-21-25-16-10-5-11-17-25)26(22-30-20-24-14-8-4-9-15-24)19-29(27)18-23-12-6-3-7-13-23/h2-17,26-28H,1,18-22H2/t26-,27+,28-/m1/s1. The van der Waals surface area contributed by atoms with E-state index in [2.05, 4.69) is 90.3 Å². The van der Waals surface area contributed by atoms with Crippen molar-refractivity contribution >= 4 is 0 Å². The Morgan fingerprint density at radius 1 is 0.774 bits per heavy atom. The van der Waals surface area contributed by atoms with Gasteiger partial charge in [0.15, 0.2) is 0 Å². The topological polar surface area (TPSA) is 21.7 Å². The molecule has 3 heteroatoms. The van der Waals surface area contributed by atoms with Crippen molar-refractivity contribution in [2.75, 3.05) is 13.2 Å². The number of hydrogen-bond acceptors (Lipinski definition) is 3. The average Bonchev–Trinajstić information content (AvgIpc) is 3.15. The summed E-state index contributed by atoms with van der Waals surface area (Å²) in [6.07, 6.45) is 2.09. The molecule has 1 fully saturated rings. The first-order chi connectivity index (χ1) is 15.3. The zero-order valence-electron chi connectivity index (χ0n) is 18.0. The van der Waals surface area contributed by atoms with Gasteiger partial charge in [0.1, 0.15) is 0 Å². The first-order valence-electron chi connectivity index (χ1n) is 11.0. The monoisotopic (exact) mass is 413 g/mol. The van der Waals surface area contributed by atoms with Crippen LogP contribution in [-0.2, 0) is 29.2 Å². The Morgan fingerprint density at radius 3 is 1.90 bits per heavy atom. The fourth-order valence-corrected chi connectivity index (χ4v) is 4.34. The zero-order valence-corrected chi connectivity index (χ0v) is 18.0. The summed E-state index contributed by atoms with van der Waals surface area (Å²) in [5, 5.41) is 0. The first kappa shape index (κ1) is 21.5. The highest BCUT2D eigenvalue weighted by molar-refractivity contribution is 5.17. The average molecular weight is 414 g/mol. The largest absolute Gasteiger partial charge is 0.376 e. The third-order valence-electron chi connectivity index (χ3n) is 5.89. The van der Waals surface area contributed by atoms with Gasteiger partial charge in [-0.1, -0.05) is 97.1 Å². The van der Waals surface area contributed by atoms with E-state index in [4.69, 9.17) is 9.47 Å². The van der Waals surface area contributed by atoms with Crippen LogP contribution in [0.1, 0.15) is 16.7 Å². The van der Waals surface area contributed by atoms with E-state index in [0.29, 0.717) is 25.7 Å². The lowest BCUT2D eigenvalue weighted by atomic mass is 10.0. The fourth-order valence-electron chi connectivity index (χ4n) is 4.34. The van der Waals surface area contributed by atoms with Gasteiger partial charge in [-0.15, -0.1) is 6.58 Å². The molecule has 3 nitrogen and oxygen atoms in total. The third kappa shape index (κ3) is 5.92. The summed E-state index contributed by atoms with van der Waals surface area (Å²) in [6.45, 7) is 7.85. The van der Waals surface area contributed by atoms with Gasteiger partial charge < -0.3 is 9.47 Å². The van der Waals surface area contributed by atoms with Crippen molar-refractivity contribution < 1.29 is 9.47 Å². The van der Waals surface area contributed by atoms with Gasteiger partial charge in [0, 0.05) is 19.0 Å². The zero-order chi connectivity index (χ0) is 21.3. The summed E-state index contributed by atoms with van der Waals surface area (Å²) < 4.78 is 12.6. The number of nitrogens with zero attached hydrogens (tertiary/aromatic N) is 1. The van der Waals surface area contributed by atoms with Crippen LogP contribution in [-0.4, -0.2) is 30.2 Å². The van der Waals surface area contributed by atoms with E-state index in [9.17, 15) is 0 Å². The van der Waals surface area contributed by atoms with Crippen LogP contribution in [0.5, 0.6) is 0 Å². The molecule has 0 spiro atoms. The second-order valence-electron chi connectivity index (χ2n) is 8.16. The molecule has 0 saturated carbocycles.